The van der Waals surface area contributed by atoms with E-state index in [1.54, 1.807) is 6.20 Å². The van der Waals surface area contributed by atoms with Gasteiger partial charge in [0.1, 0.15) is 5.52 Å². The molecule has 0 aliphatic rings. The highest BCUT2D eigenvalue weighted by Crippen LogP contribution is 2.17. The van der Waals surface area contributed by atoms with Gasteiger partial charge in [-0.3, -0.25) is 4.98 Å². The van der Waals surface area contributed by atoms with E-state index in [-0.39, 0.29) is 0 Å². The number of nitrogens with zero attached hydrogens (tertiary/aromatic N) is 5. The predicted octanol–water partition coefficient (Wildman–Crippen LogP) is 2.71. The Kier molecular flexibility index (Phi) is 3.42. The summed E-state index contributed by atoms with van der Waals surface area (Å²) in [6.07, 6.45) is 3.61. The maximum atomic E-state index is 5.36. The second-order valence-electron chi connectivity index (χ2n) is 5.66. The largest absolute Gasteiger partial charge is 0.323 e. The van der Waals surface area contributed by atoms with Gasteiger partial charge in [-0.05, 0) is 42.8 Å². The van der Waals surface area contributed by atoms with E-state index in [4.69, 9.17) is 5.84 Å². The highest BCUT2D eigenvalue weighted by molar-refractivity contribution is 5.98. The van der Waals surface area contributed by atoms with Gasteiger partial charge < -0.3 is 10.4 Å². The molecule has 0 saturated heterocycles. The monoisotopic (exact) mass is 316 g/mol. The molecule has 0 spiro atoms. The van der Waals surface area contributed by atoms with Gasteiger partial charge in [0.25, 0.3) is 0 Å². The van der Waals surface area contributed by atoms with Crippen LogP contribution in [0.3, 0.4) is 0 Å². The van der Waals surface area contributed by atoms with Crippen molar-refractivity contribution in [2.75, 3.05) is 0 Å². The molecule has 0 atom stereocenters. The van der Waals surface area contributed by atoms with E-state index in [1.165, 1.54) is 5.56 Å². The van der Waals surface area contributed by atoms with Gasteiger partial charge >= 0.3 is 0 Å². The lowest BCUT2D eigenvalue weighted by Gasteiger charge is -2.06. The van der Waals surface area contributed by atoms with E-state index in [0.29, 0.717) is 12.3 Å². The lowest BCUT2D eigenvalue weighted by Crippen LogP contribution is -2.04. The summed E-state index contributed by atoms with van der Waals surface area (Å²) in [4.78, 5) is 13.4. The number of benzene rings is 1. The average molecular weight is 316 g/mol. The van der Waals surface area contributed by atoms with Gasteiger partial charge in [-0.2, -0.15) is 5.10 Å². The Bertz CT molecular complexity index is 1060. The Hall–Kier alpha value is -3.28. The number of aromatic nitrogens is 4. The van der Waals surface area contributed by atoms with Crippen molar-refractivity contribution in [3.63, 3.8) is 0 Å². The highest BCUT2D eigenvalue weighted by Gasteiger charge is 2.08. The van der Waals surface area contributed by atoms with Crippen molar-refractivity contribution in [3.8, 4) is 0 Å². The summed E-state index contributed by atoms with van der Waals surface area (Å²) in [6, 6.07) is 14.1. The van der Waals surface area contributed by atoms with E-state index >= 15 is 0 Å². The molecular formula is C18H16N6. The molecule has 118 valence electrons. The van der Waals surface area contributed by atoms with Crippen LogP contribution in [0.2, 0.25) is 0 Å². The Labute approximate surface area is 138 Å². The summed E-state index contributed by atoms with van der Waals surface area (Å²) in [5, 5.41) is 4.84. The van der Waals surface area contributed by atoms with Crippen LogP contribution in [0.4, 0.5) is 0 Å². The van der Waals surface area contributed by atoms with Crippen molar-refractivity contribution in [1.29, 1.82) is 0 Å². The number of nitrogens with two attached hydrogens (primary N) is 1. The number of imidazole rings is 1. The SMILES string of the molecule is CC(=NN)c1ccc2ncn(Cc3ccc4ncccc4c3)c2n1. The molecule has 0 unspecified atom stereocenters. The van der Waals surface area contributed by atoms with Crippen LogP contribution in [0.15, 0.2) is 60.1 Å². The first-order chi connectivity index (χ1) is 11.7. The first-order valence-corrected chi connectivity index (χ1v) is 7.65. The third-order valence-electron chi connectivity index (χ3n) is 4.05. The Morgan fingerprint density at radius 3 is 2.88 bits per heavy atom. The van der Waals surface area contributed by atoms with Crippen molar-refractivity contribution >= 4 is 27.8 Å². The molecule has 4 rings (SSSR count). The van der Waals surface area contributed by atoms with Crippen molar-refractivity contribution in [1.82, 2.24) is 19.5 Å². The van der Waals surface area contributed by atoms with Gasteiger partial charge in [-0.15, -0.1) is 0 Å². The lowest BCUT2D eigenvalue weighted by molar-refractivity contribution is 0.815. The van der Waals surface area contributed by atoms with Gasteiger partial charge in [-0.1, -0.05) is 12.1 Å². The van der Waals surface area contributed by atoms with Crippen LogP contribution < -0.4 is 5.84 Å². The van der Waals surface area contributed by atoms with Gasteiger partial charge in [0.2, 0.25) is 0 Å². The fourth-order valence-corrected chi connectivity index (χ4v) is 2.74. The van der Waals surface area contributed by atoms with Crippen molar-refractivity contribution < 1.29 is 0 Å². The fourth-order valence-electron chi connectivity index (χ4n) is 2.74. The minimum absolute atomic E-state index is 0.691. The van der Waals surface area contributed by atoms with Crippen molar-refractivity contribution in [2.45, 2.75) is 13.5 Å². The number of pyridine rings is 2. The molecular weight excluding hydrogens is 300 g/mol. The fraction of sp³-hybridized carbons (Fsp3) is 0.111. The molecule has 3 aromatic heterocycles. The average Bonchev–Trinajstić information content (AvgIpc) is 3.03. The van der Waals surface area contributed by atoms with Crippen LogP contribution in [0, 0.1) is 0 Å². The first-order valence-electron chi connectivity index (χ1n) is 7.65. The van der Waals surface area contributed by atoms with E-state index < -0.39 is 0 Å². The van der Waals surface area contributed by atoms with E-state index in [9.17, 15) is 0 Å². The molecule has 0 fully saturated rings. The summed E-state index contributed by atoms with van der Waals surface area (Å²) in [7, 11) is 0. The summed E-state index contributed by atoms with van der Waals surface area (Å²) < 4.78 is 2.03. The molecule has 6 heteroatoms. The highest BCUT2D eigenvalue weighted by atomic mass is 15.1. The zero-order valence-electron chi connectivity index (χ0n) is 13.2. The zero-order chi connectivity index (χ0) is 16.5. The van der Waals surface area contributed by atoms with Crippen LogP contribution in [0.25, 0.3) is 22.1 Å². The smallest absolute Gasteiger partial charge is 0.160 e. The zero-order valence-corrected chi connectivity index (χ0v) is 13.2. The van der Waals surface area contributed by atoms with Gasteiger partial charge in [-0.25, -0.2) is 9.97 Å². The summed E-state index contributed by atoms with van der Waals surface area (Å²) in [5.74, 6) is 5.36. The molecule has 3 heterocycles. The van der Waals surface area contributed by atoms with E-state index in [0.717, 1.165) is 27.8 Å². The Morgan fingerprint density at radius 1 is 1.12 bits per heavy atom. The summed E-state index contributed by atoms with van der Waals surface area (Å²) in [5.41, 5.74) is 5.29. The third kappa shape index (κ3) is 2.48. The molecule has 0 bridgehead atoms. The molecule has 0 aliphatic carbocycles. The summed E-state index contributed by atoms with van der Waals surface area (Å²) in [6.45, 7) is 2.53. The summed E-state index contributed by atoms with van der Waals surface area (Å²) >= 11 is 0. The number of rotatable bonds is 3. The second kappa shape index (κ2) is 5.73. The third-order valence-corrected chi connectivity index (χ3v) is 4.05. The number of hydrogen-bond acceptors (Lipinski definition) is 5. The Balaban J connectivity index is 1.75. The maximum Gasteiger partial charge on any atom is 0.160 e. The molecule has 0 radical (unpaired) electrons. The maximum absolute atomic E-state index is 5.36. The quantitative estimate of drug-likeness (QED) is 0.358. The molecule has 1 aromatic carbocycles. The molecule has 0 aliphatic heterocycles. The number of hydrogen-bond donors (Lipinski definition) is 1. The van der Waals surface area contributed by atoms with E-state index in [2.05, 4.69) is 38.3 Å². The minimum atomic E-state index is 0.691. The van der Waals surface area contributed by atoms with Crippen LogP contribution in [-0.4, -0.2) is 25.2 Å². The number of fused-ring (bicyclic) bond motifs is 2. The van der Waals surface area contributed by atoms with Crippen LogP contribution in [0.5, 0.6) is 0 Å². The van der Waals surface area contributed by atoms with E-state index in [1.807, 2.05) is 42.1 Å². The lowest BCUT2D eigenvalue weighted by atomic mass is 10.1. The normalized spacial score (nSPS) is 12.1. The predicted molar refractivity (Wildman–Crippen MR) is 94.8 cm³/mol. The minimum Gasteiger partial charge on any atom is -0.323 e. The number of hydrazone groups is 1. The van der Waals surface area contributed by atoms with Gasteiger partial charge in [0.05, 0.1) is 29.8 Å². The van der Waals surface area contributed by atoms with Crippen LogP contribution >= 0.6 is 0 Å². The van der Waals surface area contributed by atoms with Gasteiger partial charge in [0, 0.05) is 11.6 Å². The Morgan fingerprint density at radius 2 is 2.00 bits per heavy atom. The van der Waals surface area contributed by atoms with Crippen LogP contribution in [0.1, 0.15) is 18.2 Å². The van der Waals surface area contributed by atoms with Gasteiger partial charge in [0.15, 0.2) is 5.65 Å². The van der Waals surface area contributed by atoms with Crippen LogP contribution in [-0.2, 0) is 6.54 Å². The topological polar surface area (TPSA) is 82.0 Å². The molecule has 2 N–H and O–H groups in total. The second-order valence-corrected chi connectivity index (χ2v) is 5.66. The molecule has 0 saturated carbocycles. The molecule has 6 nitrogen and oxygen atoms in total. The van der Waals surface area contributed by atoms with Crippen molar-refractivity contribution in [2.24, 2.45) is 10.9 Å². The van der Waals surface area contributed by atoms with Crippen molar-refractivity contribution in [3.05, 3.63) is 66.2 Å². The standard InChI is InChI=1S/C18H16N6/c1-12(23-19)15-6-7-17-18(22-15)24(11-21-17)10-13-4-5-16-14(9-13)3-2-8-20-16/h2-9,11H,10,19H2,1H3. The molecule has 4 aromatic rings. The molecule has 24 heavy (non-hydrogen) atoms. The first kappa shape index (κ1) is 14.3. The molecule has 0 amide bonds.